The summed E-state index contributed by atoms with van der Waals surface area (Å²) in [5, 5.41) is 14.2. The molecule has 1 atom stereocenters. The normalized spacial score (nSPS) is 12.6. The van der Waals surface area contributed by atoms with Crippen LogP contribution in [0, 0.1) is 11.8 Å². The molecule has 0 saturated heterocycles. The summed E-state index contributed by atoms with van der Waals surface area (Å²) in [5.41, 5.74) is 0. The van der Waals surface area contributed by atoms with E-state index < -0.39 is 5.97 Å². The predicted octanol–water partition coefficient (Wildman–Crippen LogP) is 2.22. The van der Waals surface area contributed by atoms with Crippen molar-refractivity contribution in [1.82, 2.24) is 10.6 Å². The lowest BCUT2D eigenvalue weighted by Crippen LogP contribution is -2.45. The van der Waals surface area contributed by atoms with Gasteiger partial charge in [0.1, 0.15) is 0 Å². The molecule has 0 radical (unpaired) electrons. The highest BCUT2D eigenvalue weighted by Gasteiger charge is 2.18. The van der Waals surface area contributed by atoms with E-state index in [2.05, 4.69) is 24.5 Å². The average molecular weight is 258 g/mol. The first-order chi connectivity index (χ1) is 8.32. The van der Waals surface area contributed by atoms with E-state index in [1.807, 2.05) is 13.8 Å². The number of carboxylic acids is 1. The Kier molecular flexibility index (Phi) is 8.16. The molecule has 3 N–H and O–H groups in total. The molecule has 2 amide bonds. The highest BCUT2D eigenvalue weighted by Crippen LogP contribution is 2.06. The van der Waals surface area contributed by atoms with Gasteiger partial charge in [-0.3, -0.25) is 4.79 Å². The SMILES string of the molecule is CC(C)CCCNC(=O)NC(CC(=O)O)C(C)C. The summed E-state index contributed by atoms with van der Waals surface area (Å²) >= 11 is 0. The molecule has 106 valence electrons. The molecule has 0 fully saturated rings. The first-order valence-electron chi connectivity index (χ1n) is 6.59. The van der Waals surface area contributed by atoms with Gasteiger partial charge in [0.15, 0.2) is 0 Å². The van der Waals surface area contributed by atoms with Crippen molar-refractivity contribution in [2.75, 3.05) is 6.54 Å². The molecule has 0 aliphatic carbocycles. The lowest BCUT2D eigenvalue weighted by atomic mass is 10.0. The Morgan fingerprint density at radius 1 is 1.17 bits per heavy atom. The second kappa shape index (κ2) is 8.78. The Labute approximate surface area is 109 Å². The molecule has 0 spiro atoms. The second-order valence-electron chi connectivity index (χ2n) is 5.38. The minimum absolute atomic E-state index is 0.0446. The van der Waals surface area contributed by atoms with Crippen LogP contribution >= 0.6 is 0 Å². The molecule has 0 saturated carbocycles. The van der Waals surface area contributed by atoms with E-state index in [0.29, 0.717) is 12.5 Å². The van der Waals surface area contributed by atoms with Crippen LogP contribution in [0.1, 0.15) is 47.0 Å². The molecule has 0 aromatic heterocycles. The topological polar surface area (TPSA) is 78.4 Å². The third-order valence-corrected chi connectivity index (χ3v) is 2.76. The monoisotopic (exact) mass is 258 g/mol. The molecular formula is C13H26N2O3. The van der Waals surface area contributed by atoms with Gasteiger partial charge in [-0.2, -0.15) is 0 Å². The molecule has 0 heterocycles. The van der Waals surface area contributed by atoms with E-state index in [9.17, 15) is 9.59 Å². The van der Waals surface area contributed by atoms with Gasteiger partial charge in [0.05, 0.1) is 6.42 Å². The number of carboxylic acid groups (broad SMARTS) is 1. The number of hydrogen-bond donors (Lipinski definition) is 3. The van der Waals surface area contributed by atoms with E-state index in [1.54, 1.807) is 0 Å². The van der Waals surface area contributed by atoms with Gasteiger partial charge in [0, 0.05) is 12.6 Å². The van der Waals surface area contributed by atoms with Crippen LogP contribution in [-0.2, 0) is 4.79 Å². The number of nitrogens with one attached hydrogen (secondary N) is 2. The minimum atomic E-state index is -0.895. The van der Waals surface area contributed by atoms with Crippen LogP contribution in [0.25, 0.3) is 0 Å². The van der Waals surface area contributed by atoms with Crippen molar-refractivity contribution in [1.29, 1.82) is 0 Å². The van der Waals surface area contributed by atoms with Crippen LogP contribution in [0.2, 0.25) is 0 Å². The van der Waals surface area contributed by atoms with Gasteiger partial charge in [-0.1, -0.05) is 27.7 Å². The first-order valence-corrected chi connectivity index (χ1v) is 6.59. The fourth-order valence-electron chi connectivity index (χ4n) is 1.57. The van der Waals surface area contributed by atoms with E-state index in [1.165, 1.54) is 0 Å². The van der Waals surface area contributed by atoms with E-state index in [0.717, 1.165) is 12.8 Å². The van der Waals surface area contributed by atoms with Crippen molar-refractivity contribution in [3.05, 3.63) is 0 Å². The second-order valence-corrected chi connectivity index (χ2v) is 5.38. The quantitative estimate of drug-likeness (QED) is 0.584. The largest absolute Gasteiger partial charge is 0.481 e. The van der Waals surface area contributed by atoms with Gasteiger partial charge in [-0.05, 0) is 24.7 Å². The van der Waals surface area contributed by atoms with Crippen LogP contribution in [0.15, 0.2) is 0 Å². The zero-order valence-corrected chi connectivity index (χ0v) is 11.8. The number of amides is 2. The van der Waals surface area contributed by atoms with Gasteiger partial charge in [-0.15, -0.1) is 0 Å². The van der Waals surface area contributed by atoms with Crippen molar-refractivity contribution in [2.24, 2.45) is 11.8 Å². The molecule has 0 aliphatic heterocycles. The van der Waals surface area contributed by atoms with Gasteiger partial charge < -0.3 is 15.7 Å². The van der Waals surface area contributed by atoms with Gasteiger partial charge >= 0.3 is 12.0 Å². The molecule has 1 unspecified atom stereocenters. The molecule has 0 bridgehead atoms. The third-order valence-electron chi connectivity index (χ3n) is 2.76. The lowest BCUT2D eigenvalue weighted by molar-refractivity contribution is -0.137. The maximum atomic E-state index is 11.6. The summed E-state index contributed by atoms with van der Waals surface area (Å²) in [5.74, 6) is -0.165. The van der Waals surface area contributed by atoms with Crippen molar-refractivity contribution in [3.8, 4) is 0 Å². The first kappa shape index (κ1) is 16.7. The average Bonchev–Trinajstić information content (AvgIpc) is 2.22. The Hall–Kier alpha value is -1.26. The van der Waals surface area contributed by atoms with Crippen LogP contribution in [-0.4, -0.2) is 29.7 Å². The van der Waals surface area contributed by atoms with Crippen LogP contribution in [0.4, 0.5) is 4.79 Å². The van der Waals surface area contributed by atoms with Crippen LogP contribution < -0.4 is 10.6 Å². The summed E-state index contributed by atoms with van der Waals surface area (Å²) in [4.78, 5) is 22.2. The fourth-order valence-corrected chi connectivity index (χ4v) is 1.57. The lowest BCUT2D eigenvalue weighted by Gasteiger charge is -2.20. The highest BCUT2D eigenvalue weighted by atomic mass is 16.4. The van der Waals surface area contributed by atoms with Crippen molar-refractivity contribution in [2.45, 2.75) is 53.0 Å². The Morgan fingerprint density at radius 2 is 1.78 bits per heavy atom. The number of rotatable bonds is 8. The summed E-state index contributed by atoms with van der Waals surface area (Å²) < 4.78 is 0. The maximum absolute atomic E-state index is 11.6. The number of carbonyl (C=O) groups excluding carboxylic acids is 1. The summed E-state index contributed by atoms with van der Waals surface area (Å²) in [6, 6.07) is -0.605. The van der Waals surface area contributed by atoms with Crippen molar-refractivity contribution in [3.63, 3.8) is 0 Å². The van der Waals surface area contributed by atoms with E-state index in [-0.39, 0.29) is 24.4 Å². The van der Waals surface area contributed by atoms with Crippen LogP contribution in [0.5, 0.6) is 0 Å². The molecule has 0 aromatic carbocycles. The zero-order chi connectivity index (χ0) is 14.1. The molecular weight excluding hydrogens is 232 g/mol. The molecule has 18 heavy (non-hydrogen) atoms. The number of urea groups is 1. The molecule has 0 aliphatic rings. The zero-order valence-electron chi connectivity index (χ0n) is 11.8. The molecule has 5 nitrogen and oxygen atoms in total. The van der Waals surface area contributed by atoms with Gasteiger partial charge in [0.25, 0.3) is 0 Å². The van der Waals surface area contributed by atoms with Crippen molar-refractivity contribution >= 4 is 12.0 Å². The smallest absolute Gasteiger partial charge is 0.315 e. The highest BCUT2D eigenvalue weighted by molar-refractivity contribution is 5.75. The van der Waals surface area contributed by atoms with Crippen molar-refractivity contribution < 1.29 is 14.7 Å². The molecule has 0 rings (SSSR count). The Morgan fingerprint density at radius 3 is 2.22 bits per heavy atom. The van der Waals surface area contributed by atoms with Gasteiger partial charge in [-0.25, -0.2) is 4.79 Å². The van der Waals surface area contributed by atoms with E-state index in [4.69, 9.17) is 5.11 Å². The molecule has 5 heteroatoms. The van der Waals surface area contributed by atoms with Crippen LogP contribution in [0.3, 0.4) is 0 Å². The summed E-state index contributed by atoms with van der Waals surface area (Å²) in [6.07, 6.45) is 1.97. The standard InChI is InChI=1S/C13H26N2O3/c1-9(2)6-5-7-14-13(18)15-11(10(3)4)8-12(16)17/h9-11H,5-8H2,1-4H3,(H,16,17)(H2,14,15,18). The van der Waals surface area contributed by atoms with Gasteiger partial charge in [0.2, 0.25) is 0 Å². The minimum Gasteiger partial charge on any atom is -0.481 e. The predicted molar refractivity (Wildman–Crippen MR) is 71.5 cm³/mol. The maximum Gasteiger partial charge on any atom is 0.315 e. The third kappa shape index (κ3) is 8.84. The Bertz CT molecular complexity index is 265. The fraction of sp³-hybridized carbons (Fsp3) is 0.846. The van der Waals surface area contributed by atoms with E-state index >= 15 is 0 Å². The Balaban J connectivity index is 3.91. The summed E-state index contributed by atoms with van der Waals surface area (Å²) in [7, 11) is 0. The number of hydrogen-bond acceptors (Lipinski definition) is 2. The summed E-state index contributed by atoms with van der Waals surface area (Å²) in [6.45, 7) is 8.70. The molecule has 0 aromatic rings. The number of carbonyl (C=O) groups is 2. The number of aliphatic carboxylic acids is 1.